The van der Waals surface area contributed by atoms with Crippen molar-refractivity contribution in [3.05, 3.63) is 21.9 Å². The Balaban J connectivity index is 2.64. The van der Waals surface area contributed by atoms with Gasteiger partial charge in [-0.1, -0.05) is 39.5 Å². The zero-order valence-corrected chi connectivity index (χ0v) is 13.4. The van der Waals surface area contributed by atoms with Crippen LogP contribution in [-0.4, -0.2) is 24.5 Å². The van der Waals surface area contributed by atoms with Crippen LogP contribution in [0.2, 0.25) is 0 Å². The molecule has 0 radical (unpaired) electrons. The minimum atomic E-state index is 0.429. The predicted molar refractivity (Wildman–Crippen MR) is 85.2 cm³/mol. The van der Waals surface area contributed by atoms with Gasteiger partial charge < -0.3 is 5.73 Å². The normalized spacial score (nSPS) is 11.2. The average molecular weight is 278 g/mol. The fourth-order valence-corrected chi connectivity index (χ4v) is 3.00. The third kappa shape index (κ3) is 6.77. The van der Waals surface area contributed by atoms with Crippen molar-refractivity contribution in [2.45, 2.75) is 34.2 Å². The molecule has 0 saturated heterocycles. The molecule has 0 aliphatic heterocycles. The van der Waals surface area contributed by atoms with Crippen molar-refractivity contribution in [3.8, 4) is 11.8 Å². The Labute approximate surface area is 122 Å². The number of nitrogens with two attached hydrogens (primary N) is 1. The first-order valence-electron chi connectivity index (χ1n) is 7.00. The Morgan fingerprint density at radius 3 is 2.37 bits per heavy atom. The number of hydrogen-bond acceptors (Lipinski definition) is 3. The van der Waals surface area contributed by atoms with Crippen LogP contribution in [0.15, 0.2) is 11.4 Å². The van der Waals surface area contributed by atoms with Gasteiger partial charge in [-0.15, -0.1) is 11.3 Å². The lowest BCUT2D eigenvalue weighted by Crippen LogP contribution is -2.30. The Morgan fingerprint density at radius 1 is 1.21 bits per heavy atom. The van der Waals surface area contributed by atoms with Gasteiger partial charge in [0.25, 0.3) is 0 Å². The molecule has 3 heteroatoms. The number of hydrogen-bond donors (Lipinski definition) is 1. The summed E-state index contributed by atoms with van der Waals surface area (Å²) in [5.41, 5.74) is 6.49. The lowest BCUT2D eigenvalue weighted by molar-refractivity contribution is 0.213. The first-order valence-corrected chi connectivity index (χ1v) is 7.88. The summed E-state index contributed by atoms with van der Waals surface area (Å²) in [6.07, 6.45) is 0. The monoisotopic (exact) mass is 278 g/mol. The summed E-state index contributed by atoms with van der Waals surface area (Å²) in [5, 5.41) is 2.13. The second-order valence-electron chi connectivity index (χ2n) is 5.79. The molecule has 0 saturated carbocycles. The van der Waals surface area contributed by atoms with E-state index in [9.17, 15) is 0 Å². The average Bonchev–Trinajstić information content (AvgIpc) is 2.72. The smallest absolute Gasteiger partial charge is 0.0555 e. The highest BCUT2D eigenvalue weighted by Gasteiger charge is 2.11. The summed E-state index contributed by atoms with van der Waals surface area (Å²) in [6.45, 7) is 12.9. The van der Waals surface area contributed by atoms with E-state index in [0.717, 1.165) is 25.2 Å². The maximum atomic E-state index is 5.40. The van der Waals surface area contributed by atoms with Crippen molar-refractivity contribution in [1.29, 1.82) is 0 Å². The highest BCUT2D eigenvalue weighted by Crippen LogP contribution is 2.17. The summed E-state index contributed by atoms with van der Waals surface area (Å²) in [7, 11) is 0. The quantitative estimate of drug-likeness (QED) is 0.810. The zero-order chi connectivity index (χ0) is 14.3. The van der Waals surface area contributed by atoms with Crippen LogP contribution in [0.5, 0.6) is 0 Å². The van der Waals surface area contributed by atoms with E-state index in [0.29, 0.717) is 18.4 Å². The highest BCUT2D eigenvalue weighted by atomic mass is 32.1. The number of nitrogens with zero attached hydrogens (tertiary/aromatic N) is 1. The maximum absolute atomic E-state index is 5.40. The predicted octanol–water partition coefficient (Wildman–Crippen LogP) is 3.17. The topological polar surface area (TPSA) is 29.3 Å². The van der Waals surface area contributed by atoms with Crippen molar-refractivity contribution in [2.75, 3.05) is 19.6 Å². The van der Waals surface area contributed by atoms with E-state index in [2.05, 4.69) is 55.9 Å². The van der Waals surface area contributed by atoms with Gasteiger partial charge in [0.1, 0.15) is 0 Å². The van der Waals surface area contributed by atoms with Gasteiger partial charge >= 0.3 is 0 Å². The molecule has 1 heterocycles. The van der Waals surface area contributed by atoms with Crippen LogP contribution in [0, 0.1) is 23.7 Å². The Morgan fingerprint density at radius 2 is 1.84 bits per heavy atom. The second kappa shape index (κ2) is 8.37. The fourth-order valence-electron chi connectivity index (χ4n) is 2.14. The van der Waals surface area contributed by atoms with Gasteiger partial charge in [0.2, 0.25) is 0 Å². The molecule has 2 nitrogen and oxygen atoms in total. The number of rotatable bonds is 6. The molecule has 0 aliphatic rings. The van der Waals surface area contributed by atoms with Crippen LogP contribution < -0.4 is 5.73 Å². The third-order valence-electron chi connectivity index (χ3n) is 2.61. The van der Waals surface area contributed by atoms with Gasteiger partial charge in [0.15, 0.2) is 0 Å². The summed E-state index contributed by atoms with van der Waals surface area (Å²) in [4.78, 5) is 3.93. The van der Waals surface area contributed by atoms with Gasteiger partial charge in [-0.3, -0.25) is 4.90 Å². The molecule has 0 spiro atoms. The van der Waals surface area contributed by atoms with Gasteiger partial charge in [-0.05, 0) is 17.9 Å². The van der Waals surface area contributed by atoms with Crippen LogP contribution in [0.1, 0.15) is 38.1 Å². The molecule has 1 rings (SSSR count). The van der Waals surface area contributed by atoms with E-state index in [-0.39, 0.29) is 0 Å². The molecule has 1 aromatic heterocycles. The van der Waals surface area contributed by atoms with Crippen molar-refractivity contribution in [3.63, 3.8) is 0 Å². The molecular formula is C16H26N2S. The SMILES string of the molecule is CC(C)CN(Cc1cc(C#CCN)cs1)CC(C)C. The van der Waals surface area contributed by atoms with E-state index in [1.165, 1.54) is 4.88 Å². The van der Waals surface area contributed by atoms with Crippen LogP contribution in [0.3, 0.4) is 0 Å². The van der Waals surface area contributed by atoms with Gasteiger partial charge in [0, 0.05) is 35.5 Å². The van der Waals surface area contributed by atoms with E-state index in [1.807, 2.05) is 0 Å². The molecule has 19 heavy (non-hydrogen) atoms. The van der Waals surface area contributed by atoms with E-state index in [4.69, 9.17) is 5.73 Å². The van der Waals surface area contributed by atoms with Crippen LogP contribution in [-0.2, 0) is 6.54 Å². The molecule has 0 aromatic carbocycles. The van der Waals surface area contributed by atoms with Crippen molar-refractivity contribution >= 4 is 11.3 Å². The minimum Gasteiger partial charge on any atom is -0.320 e. The van der Waals surface area contributed by atoms with Crippen molar-refractivity contribution in [1.82, 2.24) is 4.90 Å². The lowest BCUT2D eigenvalue weighted by atomic mass is 10.1. The lowest BCUT2D eigenvalue weighted by Gasteiger charge is -2.25. The first kappa shape index (κ1) is 16.2. The molecule has 0 atom stereocenters. The molecule has 1 aromatic rings. The summed E-state index contributed by atoms with van der Waals surface area (Å²) >= 11 is 1.80. The molecule has 106 valence electrons. The Hall–Kier alpha value is -0.820. The maximum Gasteiger partial charge on any atom is 0.0555 e. The van der Waals surface area contributed by atoms with E-state index >= 15 is 0 Å². The largest absolute Gasteiger partial charge is 0.320 e. The third-order valence-corrected chi connectivity index (χ3v) is 3.54. The standard InChI is InChI=1S/C16H26N2S/c1-13(2)9-18(10-14(3)4)11-16-8-15(12-19-16)6-5-7-17/h8,12-14H,7,9-11,17H2,1-4H3. The fraction of sp³-hybridized carbons (Fsp3) is 0.625. The molecule has 0 amide bonds. The first-order chi connectivity index (χ1) is 9.01. The van der Waals surface area contributed by atoms with Crippen LogP contribution in [0.25, 0.3) is 0 Å². The molecular weight excluding hydrogens is 252 g/mol. The van der Waals surface area contributed by atoms with E-state index < -0.39 is 0 Å². The van der Waals surface area contributed by atoms with Crippen LogP contribution in [0.4, 0.5) is 0 Å². The van der Waals surface area contributed by atoms with E-state index in [1.54, 1.807) is 11.3 Å². The van der Waals surface area contributed by atoms with Gasteiger partial charge in [-0.2, -0.15) is 0 Å². The Bertz CT molecular complexity index is 413. The van der Waals surface area contributed by atoms with Gasteiger partial charge in [-0.25, -0.2) is 0 Å². The minimum absolute atomic E-state index is 0.429. The molecule has 2 N–H and O–H groups in total. The summed E-state index contributed by atoms with van der Waals surface area (Å²) in [5.74, 6) is 7.41. The highest BCUT2D eigenvalue weighted by molar-refractivity contribution is 7.10. The van der Waals surface area contributed by atoms with Gasteiger partial charge in [0.05, 0.1) is 6.54 Å². The molecule has 0 fully saturated rings. The number of thiophene rings is 1. The van der Waals surface area contributed by atoms with Crippen LogP contribution >= 0.6 is 11.3 Å². The molecule has 0 bridgehead atoms. The molecule has 0 unspecified atom stereocenters. The Kier molecular flexibility index (Phi) is 7.15. The summed E-state index contributed by atoms with van der Waals surface area (Å²) < 4.78 is 0. The van der Waals surface area contributed by atoms with Crippen molar-refractivity contribution in [2.24, 2.45) is 17.6 Å². The summed E-state index contributed by atoms with van der Waals surface area (Å²) in [6, 6.07) is 2.20. The molecule has 0 aliphatic carbocycles. The van der Waals surface area contributed by atoms with Crippen molar-refractivity contribution < 1.29 is 0 Å². The second-order valence-corrected chi connectivity index (χ2v) is 6.79. The zero-order valence-electron chi connectivity index (χ0n) is 12.6.